The molecule has 0 aliphatic rings. The second kappa shape index (κ2) is 6.29. The summed E-state index contributed by atoms with van der Waals surface area (Å²) in [6.07, 6.45) is 0.370. The number of rotatable bonds is 5. The molecule has 0 radical (unpaired) electrons. The minimum absolute atomic E-state index is 0.317. The van der Waals surface area contributed by atoms with Crippen molar-refractivity contribution in [1.82, 2.24) is 0 Å². The molecule has 5 heteroatoms. The Morgan fingerprint density at radius 1 is 0.842 bits per heavy atom. The van der Waals surface area contributed by atoms with Crippen LogP contribution in [0.2, 0.25) is 0 Å². The van der Waals surface area contributed by atoms with Gasteiger partial charge >= 0.3 is 0 Å². The number of hydrogen-bond acceptors (Lipinski definition) is 3. The Kier molecular flexibility index (Phi) is 4.70. The van der Waals surface area contributed by atoms with E-state index in [1.54, 1.807) is 0 Å². The van der Waals surface area contributed by atoms with Crippen LogP contribution in [0, 0.1) is 0 Å². The third-order valence-electron chi connectivity index (χ3n) is 2.70. The van der Waals surface area contributed by atoms with E-state index >= 15 is 0 Å². The lowest BCUT2D eigenvalue weighted by atomic mass is 10.4. The van der Waals surface area contributed by atoms with Gasteiger partial charge in [0, 0.05) is 5.75 Å². The molecule has 0 spiro atoms. The van der Waals surface area contributed by atoms with E-state index in [0.29, 0.717) is 6.16 Å². The first-order valence-electron chi connectivity index (χ1n) is 5.87. The molecule has 0 bridgehead atoms. The molecular weight excluding hydrogens is 279 g/mol. The summed E-state index contributed by atoms with van der Waals surface area (Å²) >= 11 is 0. The monoisotopic (exact) mass is 293 g/mol. The van der Waals surface area contributed by atoms with Crippen molar-refractivity contribution in [3.05, 3.63) is 60.7 Å². The van der Waals surface area contributed by atoms with E-state index in [-0.39, 0.29) is 5.75 Å². The third kappa shape index (κ3) is 4.43. The van der Waals surface area contributed by atoms with Crippen LogP contribution in [-0.2, 0) is 10.1 Å². The Bertz CT molecular complexity index is 572. The average molecular weight is 293 g/mol. The van der Waals surface area contributed by atoms with Crippen molar-refractivity contribution in [2.24, 2.45) is 0 Å². The van der Waals surface area contributed by atoms with Gasteiger partial charge in [-0.2, -0.15) is 0 Å². The lowest BCUT2D eigenvalue weighted by Gasteiger charge is -2.19. The molecule has 0 atom stereocenters. The molecule has 0 N–H and O–H groups in total. The van der Waals surface area contributed by atoms with Crippen LogP contribution < -0.4 is 10.6 Å². The first kappa shape index (κ1) is 14.2. The molecule has 2 aromatic rings. The molecule has 19 heavy (non-hydrogen) atoms. The molecule has 3 nitrogen and oxygen atoms in total. The molecule has 0 saturated carbocycles. The molecule has 0 aliphatic carbocycles. The van der Waals surface area contributed by atoms with Gasteiger partial charge in [0.05, 0.1) is 10.1 Å². The van der Waals surface area contributed by atoms with E-state index in [0.717, 1.165) is 10.6 Å². The van der Waals surface area contributed by atoms with E-state index in [1.165, 1.54) is 0 Å². The summed E-state index contributed by atoms with van der Waals surface area (Å²) in [6.45, 7) is 0. The Labute approximate surface area is 114 Å². The standard InChI is InChI=1S/C14H15O3PS/c15-19(16,17)12-11-18(13-7-3-1-4-8-13)14-9-5-2-6-10-14/h1-10H,11-12H2,(H,15,16,17)/p-1. The highest BCUT2D eigenvalue weighted by atomic mass is 32.2. The Morgan fingerprint density at radius 2 is 1.26 bits per heavy atom. The first-order valence-corrected chi connectivity index (χ1v) is 8.98. The van der Waals surface area contributed by atoms with Crippen molar-refractivity contribution in [3.8, 4) is 0 Å². The smallest absolute Gasteiger partial charge is 0.0949 e. The summed E-state index contributed by atoms with van der Waals surface area (Å²) in [6, 6.07) is 19.5. The van der Waals surface area contributed by atoms with E-state index in [4.69, 9.17) is 0 Å². The van der Waals surface area contributed by atoms with Gasteiger partial charge in [-0.15, -0.1) is 0 Å². The Balaban J connectivity index is 2.29. The maximum absolute atomic E-state index is 10.9. The maximum atomic E-state index is 10.9. The van der Waals surface area contributed by atoms with Crippen LogP contribution in [-0.4, -0.2) is 24.9 Å². The van der Waals surface area contributed by atoms with E-state index in [9.17, 15) is 13.0 Å². The van der Waals surface area contributed by atoms with Crippen molar-refractivity contribution in [2.75, 3.05) is 11.9 Å². The normalized spacial score (nSPS) is 11.7. The Morgan fingerprint density at radius 3 is 1.63 bits per heavy atom. The largest absolute Gasteiger partial charge is 0.748 e. The summed E-state index contributed by atoms with van der Waals surface area (Å²) in [4.78, 5) is 0. The molecule has 0 fully saturated rings. The summed E-state index contributed by atoms with van der Waals surface area (Å²) in [5, 5.41) is 2.18. The van der Waals surface area contributed by atoms with Gasteiger partial charge in [0.1, 0.15) is 0 Å². The van der Waals surface area contributed by atoms with Crippen molar-refractivity contribution in [1.29, 1.82) is 0 Å². The van der Waals surface area contributed by atoms with Gasteiger partial charge in [-0.3, -0.25) is 0 Å². The molecule has 0 unspecified atom stereocenters. The van der Waals surface area contributed by atoms with Crippen LogP contribution in [0.5, 0.6) is 0 Å². The third-order valence-corrected chi connectivity index (χ3v) is 6.22. The van der Waals surface area contributed by atoms with E-state index < -0.39 is 18.0 Å². The highest BCUT2D eigenvalue weighted by Crippen LogP contribution is 2.33. The lowest BCUT2D eigenvalue weighted by Crippen LogP contribution is -2.18. The van der Waals surface area contributed by atoms with Crippen LogP contribution >= 0.6 is 7.92 Å². The van der Waals surface area contributed by atoms with E-state index in [2.05, 4.69) is 0 Å². The van der Waals surface area contributed by atoms with Crippen LogP contribution in [0.15, 0.2) is 60.7 Å². The zero-order valence-corrected chi connectivity index (χ0v) is 12.0. The quantitative estimate of drug-likeness (QED) is 0.622. The SMILES string of the molecule is O=S(=O)([O-])CCP(c1ccccc1)c1ccccc1. The van der Waals surface area contributed by atoms with Crippen molar-refractivity contribution >= 4 is 28.6 Å². The van der Waals surface area contributed by atoms with Gasteiger partial charge < -0.3 is 4.55 Å². The molecule has 0 amide bonds. The molecule has 0 saturated heterocycles. The molecular formula is C14H14O3PS-. The molecule has 0 aromatic heterocycles. The van der Waals surface area contributed by atoms with Gasteiger partial charge in [0.2, 0.25) is 0 Å². The van der Waals surface area contributed by atoms with Crippen molar-refractivity contribution in [2.45, 2.75) is 0 Å². The minimum Gasteiger partial charge on any atom is -0.748 e. The predicted octanol–water partition coefficient (Wildman–Crippen LogP) is 1.66. The zero-order chi connectivity index (χ0) is 13.7. The van der Waals surface area contributed by atoms with Gasteiger partial charge in [0.15, 0.2) is 0 Å². The number of hydrogen-bond donors (Lipinski definition) is 0. The summed E-state index contributed by atoms with van der Waals surface area (Å²) in [5.41, 5.74) is 0. The van der Waals surface area contributed by atoms with Crippen LogP contribution in [0.3, 0.4) is 0 Å². The molecule has 0 aliphatic heterocycles. The van der Waals surface area contributed by atoms with Crippen LogP contribution in [0.25, 0.3) is 0 Å². The molecule has 100 valence electrons. The topological polar surface area (TPSA) is 57.2 Å². The Hall–Kier alpha value is -1.22. The van der Waals surface area contributed by atoms with Gasteiger partial charge in [0.25, 0.3) is 0 Å². The fourth-order valence-corrected chi connectivity index (χ4v) is 5.33. The number of benzene rings is 2. The summed E-state index contributed by atoms with van der Waals surface area (Å²) in [5.74, 6) is -0.317. The van der Waals surface area contributed by atoms with Crippen molar-refractivity contribution < 1.29 is 13.0 Å². The highest BCUT2D eigenvalue weighted by molar-refractivity contribution is 7.86. The summed E-state index contributed by atoms with van der Waals surface area (Å²) in [7, 11) is -4.96. The van der Waals surface area contributed by atoms with Gasteiger partial charge in [-0.1, -0.05) is 60.7 Å². The maximum Gasteiger partial charge on any atom is 0.0949 e. The van der Waals surface area contributed by atoms with Crippen LogP contribution in [0.4, 0.5) is 0 Å². The second-order valence-corrected chi connectivity index (χ2v) is 7.94. The van der Waals surface area contributed by atoms with Gasteiger partial charge in [-0.25, -0.2) is 8.42 Å². The molecule has 0 heterocycles. The summed E-state index contributed by atoms with van der Waals surface area (Å²) < 4.78 is 32.6. The fourth-order valence-electron chi connectivity index (χ4n) is 1.83. The lowest BCUT2D eigenvalue weighted by molar-refractivity contribution is 0.465. The van der Waals surface area contributed by atoms with Crippen molar-refractivity contribution in [3.63, 3.8) is 0 Å². The minimum atomic E-state index is -4.17. The second-order valence-electron chi connectivity index (χ2n) is 4.08. The van der Waals surface area contributed by atoms with Crippen LogP contribution in [0.1, 0.15) is 0 Å². The molecule has 2 aromatic carbocycles. The fraction of sp³-hybridized carbons (Fsp3) is 0.143. The average Bonchev–Trinajstić information content (AvgIpc) is 2.40. The van der Waals surface area contributed by atoms with Gasteiger partial charge in [-0.05, 0) is 24.7 Å². The van der Waals surface area contributed by atoms with E-state index in [1.807, 2.05) is 60.7 Å². The molecule has 2 rings (SSSR count). The predicted molar refractivity (Wildman–Crippen MR) is 78.5 cm³/mol. The zero-order valence-electron chi connectivity index (χ0n) is 10.3. The first-order chi connectivity index (χ1) is 9.06. The highest BCUT2D eigenvalue weighted by Gasteiger charge is 2.14.